The van der Waals surface area contributed by atoms with Crippen LogP contribution >= 0.6 is 34.0 Å². The van der Waals surface area contributed by atoms with Crippen molar-refractivity contribution in [3.8, 4) is 40.4 Å². The van der Waals surface area contributed by atoms with Crippen molar-refractivity contribution in [3.05, 3.63) is 83.9 Å². The fourth-order valence-corrected chi connectivity index (χ4v) is 9.48. The van der Waals surface area contributed by atoms with Crippen LogP contribution in [0.1, 0.15) is 11.1 Å². The second-order valence-electron chi connectivity index (χ2n) is 9.63. The van der Waals surface area contributed by atoms with Gasteiger partial charge in [0.1, 0.15) is 0 Å². The Morgan fingerprint density at radius 1 is 0.537 bits per heavy atom. The highest BCUT2D eigenvalue weighted by atomic mass is 32.2. The molecule has 0 aliphatic heterocycles. The molecule has 2 aromatic carbocycles. The smallest absolute Gasteiger partial charge is 0.175 e. The zero-order valence-corrected chi connectivity index (χ0v) is 26.4. The highest BCUT2D eigenvalue weighted by Crippen LogP contribution is 2.46. The maximum Gasteiger partial charge on any atom is 0.175 e. The third-order valence-corrected chi connectivity index (χ3v) is 12.7. The Balaban J connectivity index is 1.50. The van der Waals surface area contributed by atoms with Crippen LogP contribution in [0.4, 0.5) is 0 Å². The SMILES string of the molecule is CS(=O)(=O)c1ccc(-c2cc(CCO)c(-c3ccc(-c4sc(-c5ccc(S(C)(=O)=O)cc5)cc4CCO)s3)s2)cc1. The topological polar surface area (TPSA) is 109 Å². The number of rotatable bonds is 10. The van der Waals surface area contributed by atoms with Crippen molar-refractivity contribution in [2.45, 2.75) is 22.6 Å². The Morgan fingerprint density at radius 3 is 1.22 bits per heavy atom. The molecular formula is C30H28O6S5. The second-order valence-corrected chi connectivity index (χ2v) is 16.9. The van der Waals surface area contributed by atoms with Gasteiger partial charge in [0.05, 0.1) is 9.79 Å². The summed E-state index contributed by atoms with van der Waals surface area (Å²) < 4.78 is 47.5. The average molecular weight is 645 g/mol. The minimum atomic E-state index is -3.28. The molecule has 0 amide bonds. The molecule has 41 heavy (non-hydrogen) atoms. The van der Waals surface area contributed by atoms with E-state index < -0.39 is 19.7 Å². The van der Waals surface area contributed by atoms with Crippen LogP contribution in [0.3, 0.4) is 0 Å². The zero-order chi connectivity index (χ0) is 29.4. The Kier molecular flexibility index (Phi) is 8.68. The molecule has 5 rings (SSSR count). The fourth-order valence-electron chi connectivity index (χ4n) is 4.49. The van der Waals surface area contributed by atoms with Gasteiger partial charge < -0.3 is 10.2 Å². The van der Waals surface area contributed by atoms with Gasteiger partial charge >= 0.3 is 0 Å². The Morgan fingerprint density at radius 2 is 0.902 bits per heavy atom. The van der Waals surface area contributed by atoms with Gasteiger partial charge in [-0.05, 0) is 83.6 Å². The summed E-state index contributed by atoms with van der Waals surface area (Å²) in [7, 11) is -6.56. The van der Waals surface area contributed by atoms with Gasteiger partial charge in [0, 0.05) is 55.0 Å². The van der Waals surface area contributed by atoms with Crippen molar-refractivity contribution < 1.29 is 27.0 Å². The van der Waals surface area contributed by atoms with Crippen LogP contribution in [-0.2, 0) is 32.5 Å². The first-order chi connectivity index (χ1) is 19.5. The Hall–Kier alpha value is -2.64. The van der Waals surface area contributed by atoms with E-state index >= 15 is 0 Å². The van der Waals surface area contributed by atoms with Gasteiger partial charge in [-0.25, -0.2) is 16.8 Å². The van der Waals surface area contributed by atoms with E-state index in [0.29, 0.717) is 12.8 Å². The molecule has 6 nitrogen and oxygen atoms in total. The van der Waals surface area contributed by atoms with E-state index in [1.807, 2.05) is 24.3 Å². The number of hydrogen-bond acceptors (Lipinski definition) is 9. The third-order valence-electron chi connectivity index (χ3n) is 6.57. The quantitative estimate of drug-likeness (QED) is 0.182. The number of benzene rings is 2. The van der Waals surface area contributed by atoms with Gasteiger partial charge in [0.15, 0.2) is 19.7 Å². The van der Waals surface area contributed by atoms with E-state index in [-0.39, 0.29) is 23.0 Å². The standard InChI is InChI=1S/C30H28O6S5/c1-40(33,34)23-7-3-19(4-8-23)27-17-21(13-15-31)29(38-27)25-11-12-26(37-25)30-22(14-16-32)18-28(39-30)20-5-9-24(10-6-20)41(2,35)36/h3-12,17-18,31-32H,13-16H2,1-2H3. The first-order valence-corrected chi connectivity index (χ1v) is 18.9. The predicted octanol–water partition coefficient (Wildman–Crippen LogP) is 6.42. The maximum absolute atomic E-state index is 11.9. The van der Waals surface area contributed by atoms with Gasteiger partial charge in [-0.2, -0.15) is 0 Å². The number of thiophene rings is 3. The first kappa shape index (κ1) is 29.8. The molecule has 3 aromatic heterocycles. The summed E-state index contributed by atoms with van der Waals surface area (Å²) in [6, 6.07) is 22.0. The largest absolute Gasteiger partial charge is 0.396 e. The van der Waals surface area contributed by atoms with E-state index in [2.05, 4.69) is 24.3 Å². The molecule has 0 radical (unpaired) electrons. The van der Waals surface area contributed by atoms with Gasteiger partial charge in [-0.15, -0.1) is 34.0 Å². The molecule has 214 valence electrons. The molecule has 11 heteroatoms. The molecule has 0 fully saturated rings. The summed E-state index contributed by atoms with van der Waals surface area (Å²) in [6.07, 6.45) is 3.39. The molecule has 5 aromatic rings. The van der Waals surface area contributed by atoms with Crippen molar-refractivity contribution in [3.63, 3.8) is 0 Å². The van der Waals surface area contributed by atoms with Gasteiger partial charge in [0.25, 0.3) is 0 Å². The third kappa shape index (κ3) is 6.56. The molecular weight excluding hydrogens is 617 g/mol. The molecule has 0 saturated heterocycles. The molecule has 0 aliphatic rings. The second kappa shape index (κ2) is 11.9. The van der Waals surface area contributed by atoms with Crippen molar-refractivity contribution in [1.29, 1.82) is 0 Å². The van der Waals surface area contributed by atoms with Gasteiger partial charge in [-0.1, -0.05) is 24.3 Å². The van der Waals surface area contributed by atoms with E-state index in [4.69, 9.17) is 0 Å². The summed E-state index contributed by atoms with van der Waals surface area (Å²) in [5, 5.41) is 19.5. The summed E-state index contributed by atoms with van der Waals surface area (Å²) in [5.41, 5.74) is 3.89. The summed E-state index contributed by atoms with van der Waals surface area (Å²) >= 11 is 4.87. The van der Waals surface area contributed by atoms with Crippen LogP contribution in [0.15, 0.2) is 82.6 Å². The van der Waals surface area contributed by atoms with Crippen LogP contribution in [0.2, 0.25) is 0 Å². The molecule has 0 unspecified atom stereocenters. The lowest BCUT2D eigenvalue weighted by Crippen LogP contribution is -1.95. The van der Waals surface area contributed by atoms with Gasteiger partial charge in [-0.3, -0.25) is 0 Å². The highest BCUT2D eigenvalue weighted by Gasteiger charge is 2.19. The van der Waals surface area contributed by atoms with Crippen LogP contribution in [0.5, 0.6) is 0 Å². The lowest BCUT2D eigenvalue weighted by Gasteiger charge is -2.01. The Labute approximate surface area is 252 Å². The van der Waals surface area contributed by atoms with Crippen LogP contribution < -0.4 is 0 Å². The number of aliphatic hydroxyl groups is 2. The normalized spacial score (nSPS) is 12.2. The summed E-state index contributed by atoms with van der Waals surface area (Å²) in [4.78, 5) is 6.80. The molecule has 0 atom stereocenters. The maximum atomic E-state index is 11.9. The van der Waals surface area contributed by atoms with Crippen LogP contribution in [0.25, 0.3) is 40.4 Å². The van der Waals surface area contributed by atoms with Crippen molar-refractivity contribution in [2.24, 2.45) is 0 Å². The summed E-state index contributed by atoms with van der Waals surface area (Å²) in [5.74, 6) is 0. The minimum absolute atomic E-state index is 0.0154. The number of hydrogen-bond donors (Lipinski definition) is 2. The molecule has 0 aliphatic carbocycles. The molecule has 0 spiro atoms. The fraction of sp³-hybridized carbons (Fsp3) is 0.200. The number of aliphatic hydroxyl groups excluding tert-OH is 2. The molecule has 0 saturated carbocycles. The average Bonchev–Trinajstić information content (AvgIpc) is 3.67. The van der Waals surface area contributed by atoms with E-state index in [9.17, 15) is 27.0 Å². The molecule has 2 N–H and O–H groups in total. The minimum Gasteiger partial charge on any atom is -0.396 e. The summed E-state index contributed by atoms with van der Waals surface area (Å²) in [6.45, 7) is 0.0307. The van der Waals surface area contributed by atoms with E-state index in [1.165, 1.54) is 12.5 Å². The molecule has 3 heterocycles. The number of sulfone groups is 2. The van der Waals surface area contributed by atoms with Gasteiger partial charge in [0.2, 0.25) is 0 Å². The van der Waals surface area contributed by atoms with Crippen molar-refractivity contribution >= 4 is 53.7 Å². The van der Waals surface area contributed by atoms with Crippen LogP contribution in [0, 0.1) is 0 Å². The molecule has 0 bridgehead atoms. The lowest BCUT2D eigenvalue weighted by molar-refractivity contribution is 0.299. The van der Waals surface area contributed by atoms with E-state index in [0.717, 1.165) is 51.5 Å². The van der Waals surface area contributed by atoms with Crippen LogP contribution in [-0.4, -0.2) is 52.8 Å². The lowest BCUT2D eigenvalue weighted by atomic mass is 10.1. The van der Waals surface area contributed by atoms with E-state index in [1.54, 1.807) is 58.3 Å². The zero-order valence-electron chi connectivity index (χ0n) is 22.3. The first-order valence-electron chi connectivity index (χ1n) is 12.7. The monoisotopic (exact) mass is 644 g/mol. The highest BCUT2D eigenvalue weighted by molar-refractivity contribution is 7.91. The van der Waals surface area contributed by atoms with Crippen molar-refractivity contribution in [2.75, 3.05) is 25.7 Å². The van der Waals surface area contributed by atoms with Crippen molar-refractivity contribution in [1.82, 2.24) is 0 Å². The predicted molar refractivity (Wildman–Crippen MR) is 170 cm³/mol. The Bertz CT molecular complexity index is 1750.